The minimum absolute atomic E-state index is 0.00318. The fraction of sp³-hybridized carbons (Fsp3) is 0.115. The lowest BCUT2D eigenvalue weighted by molar-refractivity contribution is -0.385. The van der Waals surface area contributed by atoms with Gasteiger partial charge in [0.15, 0.2) is 0 Å². The van der Waals surface area contributed by atoms with E-state index in [1.807, 2.05) is 56.4 Å². The van der Waals surface area contributed by atoms with Gasteiger partial charge < -0.3 is 9.30 Å². The summed E-state index contributed by atoms with van der Waals surface area (Å²) in [5.74, 6) is 0.731. The highest BCUT2D eigenvalue weighted by molar-refractivity contribution is 5.92. The summed E-state index contributed by atoms with van der Waals surface area (Å²) in [6.45, 7) is 3.92. The zero-order valence-electron chi connectivity index (χ0n) is 19.0. The number of aromatic nitrogens is 4. The van der Waals surface area contributed by atoms with Gasteiger partial charge in [0, 0.05) is 59.4 Å². The van der Waals surface area contributed by atoms with Gasteiger partial charge in [-0.3, -0.25) is 14.9 Å². The van der Waals surface area contributed by atoms with Gasteiger partial charge >= 0.3 is 0 Å². The van der Waals surface area contributed by atoms with Crippen molar-refractivity contribution in [1.29, 1.82) is 0 Å². The van der Waals surface area contributed by atoms with Crippen molar-refractivity contribution in [3.63, 3.8) is 0 Å². The predicted molar refractivity (Wildman–Crippen MR) is 132 cm³/mol. The Morgan fingerprint density at radius 2 is 1.80 bits per heavy atom. The number of fused-ring (bicyclic) bond motifs is 1. The Balaban J connectivity index is 1.66. The summed E-state index contributed by atoms with van der Waals surface area (Å²) in [5.41, 5.74) is 3.99. The van der Waals surface area contributed by atoms with Gasteiger partial charge in [0.25, 0.3) is 11.2 Å². The van der Waals surface area contributed by atoms with Gasteiger partial charge in [-0.2, -0.15) is 5.10 Å². The molecule has 35 heavy (non-hydrogen) atoms. The lowest BCUT2D eigenvalue weighted by atomic mass is 10.0. The summed E-state index contributed by atoms with van der Waals surface area (Å²) in [7, 11) is 0. The van der Waals surface area contributed by atoms with Crippen LogP contribution in [0.25, 0.3) is 27.9 Å². The van der Waals surface area contributed by atoms with E-state index in [4.69, 9.17) is 9.84 Å². The summed E-state index contributed by atoms with van der Waals surface area (Å²) in [6.07, 6.45) is 4.78. The molecule has 0 atom stereocenters. The van der Waals surface area contributed by atoms with Gasteiger partial charge in [-0.15, -0.1) is 0 Å². The van der Waals surface area contributed by atoms with E-state index in [9.17, 15) is 14.9 Å². The molecule has 4 heterocycles. The molecule has 1 aromatic carbocycles. The lowest BCUT2D eigenvalue weighted by Gasteiger charge is -2.12. The van der Waals surface area contributed by atoms with Gasteiger partial charge in [-0.25, -0.2) is 9.50 Å². The van der Waals surface area contributed by atoms with Crippen molar-refractivity contribution in [2.45, 2.75) is 19.9 Å². The molecule has 0 spiro atoms. The Morgan fingerprint density at radius 1 is 1.00 bits per heavy atom. The van der Waals surface area contributed by atoms with Crippen LogP contribution < -0.4 is 10.3 Å². The zero-order valence-corrected chi connectivity index (χ0v) is 19.0. The van der Waals surface area contributed by atoms with Crippen LogP contribution in [0, 0.1) is 10.1 Å². The molecule has 0 bridgehead atoms. The topological polar surface area (TPSA) is 105 Å². The number of nitro groups is 1. The minimum Gasteiger partial charge on any atom is -0.439 e. The highest BCUT2D eigenvalue weighted by Gasteiger charge is 2.19. The molecule has 174 valence electrons. The van der Waals surface area contributed by atoms with Crippen LogP contribution in [0.3, 0.4) is 0 Å². The van der Waals surface area contributed by atoms with Crippen LogP contribution in [0.4, 0.5) is 5.69 Å². The predicted octanol–water partition coefficient (Wildman–Crippen LogP) is 5.51. The van der Waals surface area contributed by atoms with E-state index in [-0.39, 0.29) is 23.2 Å². The molecule has 0 unspecified atom stereocenters. The molecule has 5 aromatic rings. The maximum atomic E-state index is 12.4. The molecule has 4 aromatic heterocycles. The van der Waals surface area contributed by atoms with Crippen molar-refractivity contribution in [3.8, 4) is 34.0 Å². The van der Waals surface area contributed by atoms with Gasteiger partial charge in [-0.1, -0.05) is 30.3 Å². The second kappa shape index (κ2) is 8.86. The largest absolute Gasteiger partial charge is 0.439 e. The van der Waals surface area contributed by atoms with Crippen molar-refractivity contribution < 1.29 is 9.66 Å². The van der Waals surface area contributed by atoms with Crippen LogP contribution in [-0.2, 0) is 0 Å². The highest BCUT2D eigenvalue weighted by atomic mass is 16.6. The van der Waals surface area contributed by atoms with Crippen molar-refractivity contribution in [3.05, 3.63) is 106 Å². The standard InChI is InChI=1S/C26H21N5O4/c1-17(2)29-16-19(8-11-24(29)32)25-22-14-21(35-23-10-9-20(15-27-23)31(33)34)12-13-30(22)28-26(25)18-6-4-3-5-7-18/h3-17H,1-2H3. The third-order valence-corrected chi connectivity index (χ3v) is 5.59. The smallest absolute Gasteiger partial charge is 0.287 e. The molecule has 0 aliphatic heterocycles. The SMILES string of the molecule is CC(C)n1cc(-c2c(-c3ccccc3)nn3ccc(Oc4ccc([N+](=O)[O-])cn4)cc23)ccc1=O. The molecule has 0 aliphatic carbocycles. The average molecular weight is 467 g/mol. The molecule has 0 amide bonds. The summed E-state index contributed by atoms with van der Waals surface area (Å²) >= 11 is 0. The van der Waals surface area contributed by atoms with Crippen molar-refractivity contribution in [2.75, 3.05) is 0 Å². The summed E-state index contributed by atoms with van der Waals surface area (Å²) < 4.78 is 9.33. The number of rotatable bonds is 6. The molecule has 9 heteroatoms. The molecule has 0 fully saturated rings. The van der Waals surface area contributed by atoms with Crippen LogP contribution in [0.2, 0.25) is 0 Å². The molecule has 0 saturated heterocycles. The Labute approximate surface area is 200 Å². The van der Waals surface area contributed by atoms with Crippen molar-refractivity contribution in [1.82, 2.24) is 19.2 Å². The Hall–Kier alpha value is -4.79. The zero-order chi connectivity index (χ0) is 24.5. The first-order valence-corrected chi connectivity index (χ1v) is 11.0. The molecule has 0 saturated carbocycles. The third kappa shape index (κ3) is 4.26. The maximum absolute atomic E-state index is 12.4. The lowest BCUT2D eigenvalue weighted by Crippen LogP contribution is -2.20. The van der Waals surface area contributed by atoms with Gasteiger partial charge in [0.2, 0.25) is 5.88 Å². The fourth-order valence-corrected chi connectivity index (χ4v) is 3.89. The molecule has 5 rings (SSSR count). The van der Waals surface area contributed by atoms with E-state index in [0.717, 1.165) is 34.1 Å². The first-order valence-electron chi connectivity index (χ1n) is 11.0. The number of hydrogen-bond donors (Lipinski definition) is 0. The number of hydrogen-bond acceptors (Lipinski definition) is 6. The van der Waals surface area contributed by atoms with Crippen molar-refractivity contribution in [2.24, 2.45) is 0 Å². The molecule has 0 radical (unpaired) electrons. The van der Waals surface area contributed by atoms with Crippen LogP contribution >= 0.6 is 0 Å². The van der Waals surface area contributed by atoms with E-state index in [1.165, 1.54) is 12.1 Å². The average Bonchev–Trinajstić information content (AvgIpc) is 3.24. The second-order valence-corrected chi connectivity index (χ2v) is 8.25. The van der Waals surface area contributed by atoms with Crippen LogP contribution in [0.1, 0.15) is 19.9 Å². The summed E-state index contributed by atoms with van der Waals surface area (Å²) in [4.78, 5) is 26.8. The number of ether oxygens (including phenoxy) is 1. The van der Waals surface area contributed by atoms with Gasteiger partial charge in [0.05, 0.1) is 10.4 Å². The van der Waals surface area contributed by atoms with E-state index in [2.05, 4.69) is 4.98 Å². The molecule has 0 aliphatic rings. The summed E-state index contributed by atoms with van der Waals surface area (Å²) in [6, 6.07) is 19.6. The van der Waals surface area contributed by atoms with E-state index >= 15 is 0 Å². The quantitative estimate of drug-likeness (QED) is 0.241. The first kappa shape index (κ1) is 22.0. The monoisotopic (exact) mass is 467 g/mol. The second-order valence-electron chi connectivity index (χ2n) is 8.25. The number of nitrogens with zero attached hydrogens (tertiary/aromatic N) is 5. The molecular formula is C26H21N5O4. The Kier molecular flexibility index (Phi) is 5.58. The number of pyridine rings is 3. The molecular weight excluding hydrogens is 446 g/mol. The normalized spacial score (nSPS) is 11.2. The van der Waals surface area contributed by atoms with E-state index < -0.39 is 4.92 Å². The van der Waals surface area contributed by atoms with E-state index in [0.29, 0.717) is 5.75 Å². The fourth-order valence-electron chi connectivity index (χ4n) is 3.89. The van der Waals surface area contributed by atoms with Crippen LogP contribution in [0.5, 0.6) is 11.6 Å². The molecule has 9 nitrogen and oxygen atoms in total. The Morgan fingerprint density at radius 3 is 2.49 bits per heavy atom. The van der Waals surface area contributed by atoms with Crippen LogP contribution in [-0.4, -0.2) is 24.1 Å². The first-order chi connectivity index (χ1) is 16.9. The van der Waals surface area contributed by atoms with E-state index in [1.54, 1.807) is 33.5 Å². The summed E-state index contributed by atoms with van der Waals surface area (Å²) in [5, 5.41) is 15.7. The number of benzene rings is 1. The Bertz CT molecular complexity index is 1590. The maximum Gasteiger partial charge on any atom is 0.287 e. The highest BCUT2D eigenvalue weighted by Crippen LogP contribution is 2.36. The minimum atomic E-state index is -0.511. The van der Waals surface area contributed by atoms with Crippen LogP contribution in [0.15, 0.2) is 90.1 Å². The molecule has 0 N–H and O–H groups in total. The van der Waals surface area contributed by atoms with Crippen molar-refractivity contribution >= 4 is 11.2 Å². The van der Waals surface area contributed by atoms with Gasteiger partial charge in [0.1, 0.15) is 17.6 Å². The van der Waals surface area contributed by atoms with Gasteiger partial charge in [-0.05, 0) is 26.0 Å². The third-order valence-electron chi connectivity index (χ3n) is 5.59.